The highest BCUT2D eigenvalue weighted by atomic mass is 32.1. The van der Waals surface area contributed by atoms with Crippen LogP contribution < -0.4 is 4.90 Å². The van der Waals surface area contributed by atoms with Crippen molar-refractivity contribution in [2.24, 2.45) is 0 Å². The zero-order chi connectivity index (χ0) is 15.7. The average molecular weight is 324 g/mol. The van der Waals surface area contributed by atoms with E-state index in [2.05, 4.69) is 42.9 Å². The Kier molecular flexibility index (Phi) is 4.02. The highest BCUT2D eigenvalue weighted by Crippen LogP contribution is 2.38. The molecule has 2 aromatic heterocycles. The summed E-state index contributed by atoms with van der Waals surface area (Å²) >= 11 is 3.53. The summed E-state index contributed by atoms with van der Waals surface area (Å²) in [6, 6.07) is 12.5. The molecule has 0 aliphatic heterocycles. The number of hydrogen-bond acceptors (Lipinski definition) is 3. The number of aryl methyl sites for hydroxylation is 1. The number of hydrogen-bond donors (Lipinski definition) is 0. The first-order valence-corrected chi connectivity index (χ1v) is 8.57. The maximum atomic E-state index is 7.45. The molecule has 0 spiro atoms. The smallest absolute Gasteiger partial charge is 0.195 e. The molecule has 0 aliphatic rings. The first kappa shape index (κ1) is 14.8. The summed E-state index contributed by atoms with van der Waals surface area (Å²) in [6.45, 7) is 9.50. The Labute approximate surface area is 138 Å². The van der Waals surface area contributed by atoms with E-state index in [-0.39, 0.29) is 0 Å². The van der Waals surface area contributed by atoms with E-state index in [4.69, 9.17) is 6.57 Å². The van der Waals surface area contributed by atoms with E-state index in [9.17, 15) is 0 Å². The van der Waals surface area contributed by atoms with E-state index in [1.54, 1.807) is 22.7 Å². The van der Waals surface area contributed by atoms with Gasteiger partial charge in [-0.15, -0.1) is 22.7 Å². The molecule has 0 atom stereocenters. The van der Waals surface area contributed by atoms with E-state index in [0.717, 1.165) is 10.4 Å². The largest absolute Gasteiger partial charge is 0.370 e. The minimum atomic E-state index is 0.696. The predicted molar refractivity (Wildman–Crippen MR) is 99.7 cm³/mol. The zero-order valence-electron chi connectivity index (χ0n) is 12.8. The Balaban J connectivity index is 1.97. The standard InChI is InChI=1S/C18H16N2S2/c1-12-5-7-13(8-6-12)15(19-2)9-14-10-16-17(21-14)11-18(22-16)20(3)4/h5-11H,1,3-4H3/b15-9-. The highest BCUT2D eigenvalue weighted by molar-refractivity contribution is 7.30. The molecular formula is C18H16N2S2. The second kappa shape index (κ2) is 5.96. The number of anilines is 1. The van der Waals surface area contributed by atoms with Crippen LogP contribution in [0.15, 0.2) is 36.4 Å². The van der Waals surface area contributed by atoms with Gasteiger partial charge in [0, 0.05) is 28.4 Å². The molecule has 22 heavy (non-hydrogen) atoms. The topological polar surface area (TPSA) is 7.60 Å². The highest BCUT2D eigenvalue weighted by Gasteiger charge is 2.08. The second-order valence-corrected chi connectivity index (χ2v) is 7.54. The lowest BCUT2D eigenvalue weighted by Gasteiger charge is -2.06. The average Bonchev–Trinajstić information content (AvgIpc) is 3.04. The van der Waals surface area contributed by atoms with E-state index >= 15 is 0 Å². The minimum absolute atomic E-state index is 0.696. The third-order valence-corrected chi connectivity index (χ3v) is 5.81. The summed E-state index contributed by atoms with van der Waals surface area (Å²) in [5.41, 5.74) is 2.88. The van der Waals surface area contributed by atoms with Gasteiger partial charge in [0.1, 0.15) is 0 Å². The van der Waals surface area contributed by atoms with E-state index < -0.39 is 0 Å². The summed E-state index contributed by atoms with van der Waals surface area (Å²) in [6.07, 6.45) is 1.99. The molecule has 0 saturated heterocycles. The second-order valence-electron chi connectivity index (χ2n) is 5.36. The molecule has 0 saturated carbocycles. The van der Waals surface area contributed by atoms with Crippen LogP contribution in [0.2, 0.25) is 0 Å². The van der Waals surface area contributed by atoms with Crippen molar-refractivity contribution in [1.29, 1.82) is 0 Å². The van der Waals surface area contributed by atoms with Gasteiger partial charge in [0.05, 0.1) is 11.6 Å². The van der Waals surface area contributed by atoms with Crippen LogP contribution in [0.4, 0.5) is 5.00 Å². The van der Waals surface area contributed by atoms with Crippen LogP contribution in [0.25, 0.3) is 26.0 Å². The molecule has 0 N–H and O–H groups in total. The van der Waals surface area contributed by atoms with Gasteiger partial charge in [-0.25, -0.2) is 4.85 Å². The maximum absolute atomic E-state index is 7.45. The lowest BCUT2D eigenvalue weighted by atomic mass is 10.1. The van der Waals surface area contributed by atoms with E-state index in [1.165, 1.54) is 20.0 Å². The van der Waals surface area contributed by atoms with Crippen LogP contribution in [0.1, 0.15) is 16.0 Å². The molecule has 0 aliphatic carbocycles. The molecule has 4 heteroatoms. The number of thiophene rings is 2. The van der Waals surface area contributed by atoms with Gasteiger partial charge in [-0.3, -0.25) is 0 Å². The molecule has 3 aromatic rings. The van der Waals surface area contributed by atoms with Crippen molar-refractivity contribution in [2.75, 3.05) is 19.0 Å². The minimum Gasteiger partial charge on any atom is -0.370 e. The van der Waals surface area contributed by atoms with Crippen LogP contribution in [0, 0.1) is 13.5 Å². The van der Waals surface area contributed by atoms with Crippen LogP contribution in [-0.2, 0) is 0 Å². The summed E-state index contributed by atoms with van der Waals surface area (Å²) in [7, 11) is 4.12. The Morgan fingerprint density at radius 1 is 1.09 bits per heavy atom. The molecule has 0 radical (unpaired) electrons. The van der Waals surface area contributed by atoms with Gasteiger partial charge in [0.15, 0.2) is 5.70 Å². The Hall–Kier alpha value is -2.09. The van der Waals surface area contributed by atoms with E-state index in [1.807, 2.05) is 30.3 Å². The van der Waals surface area contributed by atoms with Crippen molar-refractivity contribution < 1.29 is 0 Å². The molecular weight excluding hydrogens is 308 g/mol. The van der Waals surface area contributed by atoms with Crippen molar-refractivity contribution in [2.45, 2.75) is 6.92 Å². The van der Waals surface area contributed by atoms with Crippen molar-refractivity contribution in [1.82, 2.24) is 0 Å². The van der Waals surface area contributed by atoms with Crippen LogP contribution in [0.5, 0.6) is 0 Å². The molecule has 0 bridgehead atoms. The monoisotopic (exact) mass is 324 g/mol. The third-order valence-electron chi connectivity index (χ3n) is 3.40. The molecule has 0 fully saturated rings. The van der Waals surface area contributed by atoms with Gasteiger partial charge in [0.2, 0.25) is 0 Å². The normalized spacial score (nSPS) is 11.6. The molecule has 0 amide bonds. The Morgan fingerprint density at radius 2 is 1.77 bits per heavy atom. The lowest BCUT2D eigenvalue weighted by Crippen LogP contribution is -2.05. The summed E-state index contributed by atoms with van der Waals surface area (Å²) in [5, 5.41) is 1.26. The fourth-order valence-corrected chi connectivity index (χ4v) is 4.43. The summed E-state index contributed by atoms with van der Waals surface area (Å²) in [4.78, 5) is 6.96. The van der Waals surface area contributed by atoms with Crippen molar-refractivity contribution in [3.05, 3.63) is 63.8 Å². The van der Waals surface area contributed by atoms with Gasteiger partial charge in [0.25, 0.3) is 0 Å². The number of rotatable bonds is 3. The van der Waals surface area contributed by atoms with Gasteiger partial charge in [-0.05, 0) is 30.7 Å². The van der Waals surface area contributed by atoms with Gasteiger partial charge < -0.3 is 4.90 Å². The van der Waals surface area contributed by atoms with Gasteiger partial charge in [-0.1, -0.05) is 29.8 Å². The van der Waals surface area contributed by atoms with Crippen LogP contribution >= 0.6 is 22.7 Å². The number of benzene rings is 1. The quantitative estimate of drug-likeness (QED) is 0.556. The maximum Gasteiger partial charge on any atom is 0.195 e. The Bertz CT molecular complexity index is 843. The number of fused-ring (bicyclic) bond motifs is 1. The van der Waals surface area contributed by atoms with Crippen molar-refractivity contribution in [3.63, 3.8) is 0 Å². The zero-order valence-corrected chi connectivity index (χ0v) is 14.4. The summed E-state index contributed by atoms with van der Waals surface area (Å²) in [5.74, 6) is 0. The molecule has 3 rings (SSSR count). The fraction of sp³-hybridized carbons (Fsp3) is 0.167. The number of nitrogens with zero attached hydrogens (tertiary/aromatic N) is 2. The fourth-order valence-electron chi connectivity index (χ4n) is 2.17. The Morgan fingerprint density at radius 3 is 2.36 bits per heavy atom. The first-order chi connectivity index (χ1) is 10.6. The molecule has 0 unspecified atom stereocenters. The molecule has 1 aromatic carbocycles. The van der Waals surface area contributed by atoms with Crippen molar-refractivity contribution >= 4 is 48.8 Å². The van der Waals surface area contributed by atoms with Crippen LogP contribution in [-0.4, -0.2) is 14.1 Å². The van der Waals surface area contributed by atoms with Crippen LogP contribution in [0.3, 0.4) is 0 Å². The molecule has 110 valence electrons. The van der Waals surface area contributed by atoms with Gasteiger partial charge in [-0.2, -0.15) is 0 Å². The molecule has 2 heterocycles. The van der Waals surface area contributed by atoms with E-state index in [0.29, 0.717) is 5.70 Å². The summed E-state index contributed by atoms with van der Waals surface area (Å²) < 4.78 is 2.57. The molecule has 2 nitrogen and oxygen atoms in total. The predicted octanol–water partition coefficient (Wildman–Crippen LogP) is 5.75. The SMILES string of the molecule is [C-]#[N+]/C(=C\c1cc2sc(N(C)C)cc2s1)c1ccc(C)cc1. The third kappa shape index (κ3) is 2.92. The first-order valence-electron chi connectivity index (χ1n) is 6.94. The lowest BCUT2D eigenvalue weighted by molar-refractivity contribution is 1.16. The van der Waals surface area contributed by atoms with Crippen molar-refractivity contribution in [3.8, 4) is 0 Å². The van der Waals surface area contributed by atoms with Gasteiger partial charge >= 0.3 is 0 Å².